The van der Waals surface area contributed by atoms with E-state index in [0.29, 0.717) is 26.1 Å². The number of carbonyl (C=O) groups excluding carboxylic acids is 2. The molecule has 5 nitrogen and oxygen atoms in total. The van der Waals surface area contributed by atoms with Gasteiger partial charge in [-0.1, -0.05) is 6.42 Å². The largest absolute Gasteiger partial charge is 0.448 e. The average Bonchev–Trinajstić information content (AvgIpc) is 3.13. The molecule has 2 amide bonds. The zero-order valence-corrected chi connectivity index (χ0v) is 12.0. The molecule has 2 aliphatic carbocycles. The van der Waals surface area contributed by atoms with E-state index in [0.717, 1.165) is 30.7 Å². The zero-order chi connectivity index (χ0) is 13.9. The normalized spacial score (nSPS) is 31.7. The van der Waals surface area contributed by atoms with Gasteiger partial charge in [-0.05, 0) is 43.4 Å². The molecular formula is C15H24N2O3. The van der Waals surface area contributed by atoms with Crippen LogP contribution in [0.4, 0.5) is 4.79 Å². The first-order valence-electron chi connectivity index (χ1n) is 7.91. The second-order valence-corrected chi connectivity index (χ2v) is 6.42. The molecule has 3 fully saturated rings. The van der Waals surface area contributed by atoms with Crippen molar-refractivity contribution in [3.8, 4) is 0 Å². The van der Waals surface area contributed by atoms with Crippen molar-refractivity contribution in [2.24, 2.45) is 17.8 Å². The maximum Gasteiger partial charge on any atom is 0.409 e. The molecule has 0 aromatic heterocycles. The van der Waals surface area contributed by atoms with E-state index in [-0.39, 0.29) is 12.0 Å². The average molecular weight is 280 g/mol. The molecule has 20 heavy (non-hydrogen) atoms. The molecule has 0 aromatic carbocycles. The van der Waals surface area contributed by atoms with Crippen LogP contribution in [0.15, 0.2) is 0 Å². The Morgan fingerprint density at radius 3 is 2.90 bits per heavy atom. The van der Waals surface area contributed by atoms with E-state index >= 15 is 0 Å². The Hall–Kier alpha value is -1.26. The third kappa shape index (κ3) is 3.07. The summed E-state index contributed by atoms with van der Waals surface area (Å²) in [5.41, 5.74) is 0. The topological polar surface area (TPSA) is 58.6 Å². The molecule has 0 radical (unpaired) electrons. The number of carbonyl (C=O) groups is 2. The summed E-state index contributed by atoms with van der Waals surface area (Å²) in [5, 5.41) is 2.99. The number of nitrogens with one attached hydrogen (secondary N) is 1. The third-order valence-electron chi connectivity index (χ3n) is 5.18. The second-order valence-electron chi connectivity index (χ2n) is 6.42. The van der Waals surface area contributed by atoms with Crippen molar-refractivity contribution >= 4 is 12.0 Å². The lowest BCUT2D eigenvalue weighted by Crippen LogP contribution is -2.32. The third-order valence-corrected chi connectivity index (χ3v) is 5.18. The smallest absolute Gasteiger partial charge is 0.409 e. The van der Waals surface area contributed by atoms with Gasteiger partial charge in [0, 0.05) is 19.5 Å². The van der Waals surface area contributed by atoms with Crippen molar-refractivity contribution in [1.29, 1.82) is 0 Å². The van der Waals surface area contributed by atoms with Crippen molar-refractivity contribution in [2.45, 2.75) is 38.5 Å². The molecule has 1 N–H and O–H groups in total. The highest BCUT2D eigenvalue weighted by Gasteiger charge is 2.38. The van der Waals surface area contributed by atoms with Crippen LogP contribution in [-0.2, 0) is 9.53 Å². The standard InChI is InChI=1S/C15H24N2O3/c18-14(4-6-17-7-8-20-15(17)19)16-5-3-13-10-11-1-2-12(13)9-11/h11-13H,1-10H2,(H,16,18)/t11-,12-,13+/m0/s1. The molecule has 112 valence electrons. The van der Waals surface area contributed by atoms with Crippen molar-refractivity contribution in [3.63, 3.8) is 0 Å². The lowest BCUT2D eigenvalue weighted by atomic mass is 9.86. The minimum atomic E-state index is -0.292. The summed E-state index contributed by atoms with van der Waals surface area (Å²) in [5.74, 6) is 2.79. The summed E-state index contributed by atoms with van der Waals surface area (Å²) < 4.78 is 4.83. The van der Waals surface area contributed by atoms with Gasteiger partial charge in [0.15, 0.2) is 0 Å². The Balaban J connectivity index is 1.28. The van der Waals surface area contributed by atoms with Gasteiger partial charge in [0.2, 0.25) is 5.91 Å². The van der Waals surface area contributed by atoms with Crippen LogP contribution in [0.1, 0.15) is 38.5 Å². The van der Waals surface area contributed by atoms with Crippen molar-refractivity contribution in [2.75, 3.05) is 26.2 Å². The van der Waals surface area contributed by atoms with E-state index in [1.54, 1.807) is 4.90 Å². The highest BCUT2D eigenvalue weighted by molar-refractivity contribution is 5.77. The van der Waals surface area contributed by atoms with Gasteiger partial charge in [-0.2, -0.15) is 0 Å². The minimum Gasteiger partial charge on any atom is -0.448 e. The Labute approximate surface area is 120 Å². The fraction of sp³-hybridized carbons (Fsp3) is 0.867. The molecule has 3 atom stereocenters. The summed E-state index contributed by atoms with van der Waals surface area (Å²) in [6.45, 7) is 2.32. The molecule has 1 saturated heterocycles. The summed E-state index contributed by atoms with van der Waals surface area (Å²) in [4.78, 5) is 24.6. The van der Waals surface area contributed by atoms with E-state index in [1.165, 1.54) is 25.7 Å². The summed E-state index contributed by atoms with van der Waals surface area (Å²) in [7, 11) is 0. The Bertz CT molecular complexity index is 385. The van der Waals surface area contributed by atoms with E-state index in [1.807, 2.05) is 0 Å². The van der Waals surface area contributed by atoms with E-state index in [4.69, 9.17) is 4.74 Å². The molecule has 0 unspecified atom stereocenters. The number of rotatable bonds is 6. The molecule has 3 rings (SSSR count). The number of ether oxygens (including phenoxy) is 1. The number of amides is 2. The van der Waals surface area contributed by atoms with E-state index < -0.39 is 0 Å². The van der Waals surface area contributed by atoms with Crippen LogP contribution in [0.25, 0.3) is 0 Å². The van der Waals surface area contributed by atoms with Crippen LogP contribution in [0.3, 0.4) is 0 Å². The van der Waals surface area contributed by atoms with E-state index in [2.05, 4.69) is 5.32 Å². The van der Waals surface area contributed by atoms with Crippen LogP contribution in [0.5, 0.6) is 0 Å². The Morgan fingerprint density at radius 1 is 1.35 bits per heavy atom. The fourth-order valence-electron chi connectivity index (χ4n) is 4.08. The second kappa shape index (κ2) is 6.02. The first-order valence-corrected chi connectivity index (χ1v) is 7.91. The van der Waals surface area contributed by atoms with Crippen LogP contribution < -0.4 is 5.32 Å². The molecule has 2 bridgehead atoms. The monoisotopic (exact) mass is 280 g/mol. The quantitative estimate of drug-likeness (QED) is 0.806. The van der Waals surface area contributed by atoms with Gasteiger partial charge >= 0.3 is 6.09 Å². The Morgan fingerprint density at radius 2 is 2.25 bits per heavy atom. The zero-order valence-electron chi connectivity index (χ0n) is 12.0. The van der Waals surface area contributed by atoms with Crippen molar-refractivity contribution < 1.29 is 14.3 Å². The number of nitrogens with zero attached hydrogens (tertiary/aromatic N) is 1. The van der Waals surface area contributed by atoms with Crippen molar-refractivity contribution in [1.82, 2.24) is 10.2 Å². The lowest BCUT2D eigenvalue weighted by molar-refractivity contribution is -0.121. The van der Waals surface area contributed by atoms with Crippen molar-refractivity contribution in [3.05, 3.63) is 0 Å². The Kier molecular flexibility index (Phi) is 4.13. The highest BCUT2D eigenvalue weighted by atomic mass is 16.6. The van der Waals surface area contributed by atoms with Gasteiger partial charge in [0.25, 0.3) is 0 Å². The van der Waals surface area contributed by atoms with Gasteiger partial charge in [0.05, 0.1) is 6.54 Å². The molecular weight excluding hydrogens is 256 g/mol. The number of hydrogen-bond acceptors (Lipinski definition) is 3. The van der Waals surface area contributed by atoms with Gasteiger partial charge in [0.1, 0.15) is 6.61 Å². The molecule has 1 heterocycles. The van der Waals surface area contributed by atoms with Gasteiger partial charge in [-0.25, -0.2) is 4.79 Å². The first-order chi connectivity index (χ1) is 9.72. The molecule has 0 spiro atoms. The summed E-state index contributed by atoms with van der Waals surface area (Å²) in [6.07, 6.45) is 6.85. The van der Waals surface area contributed by atoms with Gasteiger partial charge in [-0.15, -0.1) is 0 Å². The number of fused-ring (bicyclic) bond motifs is 2. The minimum absolute atomic E-state index is 0.0489. The summed E-state index contributed by atoms with van der Waals surface area (Å²) in [6, 6.07) is 0. The number of hydrogen-bond donors (Lipinski definition) is 1. The first kappa shape index (κ1) is 13.7. The van der Waals surface area contributed by atoms with Gasteiger partial charge < -0.3 is 15.0 Å². The van der Waals surface area contributed by atoms with E-state index in [9.17, 15) is 9.59 Å². The predicted molar refractivity (Wildman–Crippen MR) is 74.1 cm³/mol. The molecule has 3 aliphatic rings. The number of cyclic esters (lactones) is 1. The maximum absolute atomic E-state index is 11.8. The van der Waals surface area contributed by atoms with Gasteiger partial charge in [-0.3, -0.25) is 4.79 Å². The summed E-state index contributed by atoms with van der Waals surface area (Å²) >= 11 is 0. The SMILES string of the molecule is O=C(CCN1CCOC1=O)NCC[C@@H]1C[C@H]2CC[C@H]1C2. The molecule has 2 saturated carbocycles. The predicted octanol–water partition coefficient (Wildman–Crippen LogP) is 1.77. The molecule has 1 aliphatic heterocycles. The van der Waals surface area contributed by atoms with Crippen LogP contribution in [0, 0.1) is 17.8 Å². The lowest BCUT2D eigenvalue weighted by Gasteiger charge is -2.21. The van der Waals surface area contributed by atoms with Crippen LogP contribution >= 0.6 is 0 Å². The van der Waals surface area contributed by atoms with Crippen LogP contribution in [-0.4, -0.2) is 43.1 Å². The molecule has 0 aromatic rings. The maximum atomic E-state index is 11.8. The van der Waals surface area contributed by atoms with Crippen LogP contribution in [0.2, 0.25) is 0 Å². The fourth-order valence-corrected chi connectivity index (χ4v) is 4.08. The highest BCUT2D eigenvalue weighted by Crippen LogP contribution is 2.49. The molecule has 5 heteroatoms.